The van der Waals surface area contributed by atoms with Crippen LogP contribution >= 0.6 is 0 Å². The SMILES string of the molecule is COc1cccc(Nc2nc(NCC3CCCO3)cc(-c3ccccc3)n2)c1. The molecule has 144 valence electrons. The topological polar surface area (TPSA) is 68.3 Å². The molecule has 2 aromatic carbocycles. The summed E-state index contributed by atoms with van der Waals surface area (Å²) in [5.41, 5.74) is 2.77. The highest BCUT2D eigenvalue weighted by atomic mass is 16.5. The van der Waals surface area contributed by atoms with Crippen LogP contribution in [0.4, 0.5) is 17.5 Å². The number of nitrogens with one attached hydrogen (secondary N) is 2. The standard InChI is InChI=1S/C22H24N4O2/c1-27-18-10-5-9-17(13-18)24-22-25-20(16-7-3-2-4-8-16)14-21(26-22)23-15-19-11-6-12-28-19/h2-5,7-10,13-14,19H,6,11-12,15H2,1H3,(H2,23,24,25,26). The lowest BCUT2D eigenvalue weighted by Gasteiger charge is -2.14. The highest BCUT2D eigenvalue weighted by Gasteiger charge is 2.16. The van der Waals surface area contributed by atoms with Crippen LogP contribution in [0.3, 0.4) is 0 Å². The van der Waals surface area contributed by atoms with Gasteiger partial charge in [-0.1, -0.05) is 36.4 Å². The summed E-state index contributed by atoms with van der Waals surface area (Å²) in [6.45, 7) is 1.58. The Kier molecular flexibility index (Phi) is 5.68. The lowest BCUT2D eigenvalue weighted by Crippen LogP contribution is -2.19. The summed E-state index contributed by atoms with van der Waals surface area (Å²) in [6, 6.07) is 19.8. The maximum atomic E-state index is 5.71. The first-order chi connectivity index (χ1) is 13.8. The number of hydrogen-bond donors (Lipinski definition) is 2. The summed E-state index contributed by atoms with van der Waals surface area (Å²) in [5, 5.41) is 6.69. The van der Waals surface area contributed by atoms with Gasteiger partial charge in [-0.25, -0.2) is 4.98 Å². The number of rotatable bonds is 7. The molecule has 6 nitrogen and oxygen atoms in total. The largest absolute Gasteiger partial charge is 0.497 e. The van der Waals surface area contributed by atoms with Gasteiger partial charge in [-0.3, -0.25) is 0 Å². The van der Waals surface area contributed by atoms with Crippen molar-refractivity contribution < 1.29 is 9.47 Å². The molecule has 0 saturated carbocycles. The summed E-state index contributed by atoms with van der Waals surface area (Å²) < 4.78 is 11.0. The minimum Gasteiger partial charge on any atom is -0.497 e. The van der Waals surface area contributed by atoms with Crippen LogP contribution in [0.1, 0.15) is 12.8 Å². The van der Waals surface area contributed by atoms with E-state index in [0.717, 1.165) is 54.5 Å². The molecular weight excluding hydrogens is 352 g/mol. The van der Waals surface area contributed by atoms with Crippen molar-refractivity contribution in [1.29, 1.82) is 0 Å². The highest BCUT2D eigenvalue weighted by molar-refractivity contribution is 5.66. The molecule has 1 fully saturated rings. The monoisotopic (exact) mass is 376 g/mol. The highest BCUT2D eigenvalue weighted by Crippen LogP contribution is 2.25. The molecule has 0 amide bonds. The van der Waals surface area contributed by atoms with Crippen molar-refractivity contribution in [3.63, 3.8) is 0 Å². The van der Waals surface area contributed by atoms with Crippen molar-refractivity contribution in [2.75, 3.05) is 30.9 Å². The van der Waals surface area contributed by atoms with Gasteiger partial charge in [-0.15, -0.1) is 0 Å². The van der Waals surface area contributed by atoms with E-state index in [2.05, 4.69) is 15.6 Å². The Morgan fingerprint density at radius 1 is 1.07 bits per heavy atom. The average Bonchev–Trinajstić information content (AvgIpc) is 3.27. The summed E-state index contributed by atoms with van der Waals surface area (Å²) in [6.07, 6.45) is 2.44. The van der Waals surface area contributed by atoms with Crippen molar-refractivity contribution in [3.8, 4) is 17.0 Å². The third-order valence-corrected chi connectivity index (χ3v) is 4.66. The number of methoxy groups -OCH3 is 1. The predicted molar refractivity (Wildman–Crippen MR) is 111 cm³/mol. The molecule has 1 unspecified atom stereocenters. The van der Waals surface area contributed by atoms with Crippen LogP contribution in [0.5, 0.6) is 5.75 Å². The Morgan fingerprint density at radius 3 is 2.75 bits per heavy atom. The molecule has 3 aromatic rings. The second-order valence-corrected chi connectivity index (χ2v) is 6.70. The number of nitrogens with zero attached hydrogens (tertiary/aromatic N) is 2. The van der Waals surface area contributed by atoms with Crippen molar-refractivity contribution >= 4 is 17.5 Å². The van der Waals surface area contributed by atoms with Crippen LogP contribution in [0.2, 0.25) is 0 Å². The molecule has 0 aliphatic carbocycles. The van der Waals surface area contributed by atoms with Crippen LogP contribution in [-0.2, 0) is 4.74 Å². The predicted octanol–water partition coefficient (Wildman–Crippen LogP) is 4.49. The van der Waals surface area contributed by atoms with Gasteiger partial charge >= 0.3 is 0 Å². The first kappa shape index (κ1) is 18.3. The summed E-state index contributed by atoms with van der Waals surface area (Å²) in [5.74, 6) is 2.08. The minimum atomic E-state index is 0.241. The first-order valence-corrected chi connectivity index (χ1v) is 9.51. The van der Waals surface area contributed by atoms with Gasteiger partial charge < -0.3 is 20.1 Å². The van der Waals surface area contributed by atoms with E-state index in [0.29, 0.717) is 5.95 Å². The van der Waals surface area contributed by atoms with Gasteiger partial charge in [0.05, 0.1) is 18.9 Å². The Hall–Kier alpha value is -3.12. The molecule has 1 atom stereocenters. The maximum Gasteiger partial charge on any atom is 0.229 e. The lowest BCUT2D eigenvalue weighted by molar-refractivity contribution is 0.120. The molecule has 0 radical (unpaired) electrons. The molecule has 1 aliphatic heterocycles. The third-order valence-electron chi connectivity index (χ3n) is 4.66. The fourth-order valence-electron chi connectivity index (χ4n) is 3.20. The molecule has 1 saturated heterocycles. The molecule has 0 bridgehead atoms. The van der Waals surface area contributed by atoms with Crippen LogP contribution in [-0.4, -0.2) is 36.3 Å². The zero-order valence-corrected chi connectivity index (χ0v) is 15.9. The number of benzene rings is 2. The number of ether oxygens (including phenoxy) is 2. The number of hydrogen-bond acceptors (Lipinski definition) is 6. The zero-order chi connectivity index (χ0) is 19.2. The second-order valence-electron chi connectivity index (χ2n) is 6.70. The van der Waals surface area contributed by atoms with Gasteiger partial charge in [0.15, 0.2) is 0 Å². The fraction of sp³-hybridized carbons (Fsp3) is 0.273. The Balaban J connectivity index is 1.60. The molecule has 2 N–H and O–H groups in total. The van der Waals surface area contributed by atoms with E-state index in [1.54, 1.807) is 7.11 Å². The van der Waals surface area contributed by atoms with Gasteiger partial charge in [-0.2, -0.15) is 4.98 Å². The van der Waals surface area contributed by atoms with Gasteiger partial charge in [0.2, 0.25) is 5.95 Å². The van der Waals surface area contributed by atoms with Gasteiger partial charge in [0.25, 0.3) is 0 Å². The van der Waals surface area contributed by atoms with E-state index in [1.165, 1.54) is 0 Å². The summed E-state index contributed by atoms with van der Waals surface area (Å²) >= 11 is 0. The molecule has 4 rings (SSSR count). The van der Waals surface area contributed by atoms with E-state index in [4.69, 9.17) is 14.5 Å². The molecule has 1 aliphatic rings. The Morgan fingerprint density at radius 2 is 1.96 bits per heavy atom. The Bertz CT molecular complexity index is 911. The minimum absolute atomic E-state index is 0.241. The van der Waals surface area contributed by atoms with E-state index in [9.17, 15) is 0 Å². The number of aromatic nitrogens is 2. The normalized spacial score (nSPS) is 16.0. The third kappa shape index (κ3) is 4.58. The van der Waals surface area contributed by atoms with Crippen LogP contribution in [0.15, 0.2) is 60.7 Å². The van der Waals surface area contributed by atoms with Crippen molar-refractivity contribution in [2.24, 2.45) is 0 Å². The van der Waals surface area contributed by atoms with E-state index in [1.807, 2.05) is 60.7 Å². The first-order valence-electron chi connectivity index (χ1n) is 9.51. The fourth-order valence-corrected chi connectivity index (χ4v) is 3.20. The van der Waals surface area contributed by atoms with E-state index < -0.39 is 0 Å². The van der Waals surface area contributed by atoms with Crippen LogP contribution < -0.4 is 15.4 Å². The molecule has 1 aromatic heterocycles. The average molecular weight is 376 g/mol. The Labute approximate surface area is 164 Å². The van der Waals surface area contributed by atoms with E-state index >= 15 is 0 Å². The van der Waals surface area contributed by atoms with Crippen molar-refractivity contribution in [2.45, 2.75) is 18.9 Å². The van der Waals surface area contributed by atoms with Crippen LogP contribution in [0, 0.1) is 0 Å². The molecule has 6 heteroatoms. The van der Waals surface area contributed by atoms with Crippen molar-refractivity contribution in [3.05, 3.63) is 60.7 Å². The van der Waals surface area contributed by atoms with E-state index in [-0.39, 0.29) is 6.10 Å². The summed E-state index contributed by atoms with van der Waals surface area (Å²) in [7, 11) is 1.65. The van der Waals surface area contributed by atoms with Gasteiger partial charge in [0, 0.05) is 36.5 Å². The molecule has 2 heterocycles. The maximum absolute atomic E-state index is 5.71. The molecule has 28 heavy (non-hydrogen) atoms. The summed E-state index contributed by atoms with van der Waals surface area (Å²) in [4.78, 5) is 9.34. The van der Waals surface area contributed by atoms with Crippen molar-refractivity contribution in [1.82, 2.24) is 9.97 Å². The van der Waals surface area contributed by atoms with Crippen LogP contribution in [0.25, 0.3) is 11.3 Å². The number of anilines is 3. The molecule has 0 spiro atoms. The van der Waals surface area contributed by atoms with Gasteiger partial charge in [0.1, 0.15) is 11.6 Å². The van der Waals surface area contributed by atoms with Gasteiger partial charge in [-0.05, 0) is 25.0 Å². The lowest BCUT2D eigenvalue weighted by atomic mass is 10.1. The smallest absolute Gasteiger partial charge is 0.229 e. The zero-order valence-electron chi connectivity index (χ0n) is 15.9. The molecular formula is C22H24N4O2. The quantitative estimate of drug-likeness (QED) is 0.633. The second kappa shape index (κ2) is 8.71.